The SMILES string of the molecule is O=C(CC1CC1)N[C@H](C(=O)N1CCC[C@@H]1c1ncc(C#CC2OCC(C#CC#Cc3cnc([C@H]4CCCN4C(=O)[C@@H](NC(=O)C4CC4)c4ccccc4)[nH]3)CO2)[nH]1)c1ccccc1. The monoisotopic (exact) mass is 846 g/mol. The van der Waals surface area contributed by atoms with Crippen molar-refractivity contribution in [3.05, 3.63) is 107 Å². The Hall–Kier alpha value is -6.66. The minimum absolute atomic E-state index is 0.0130. The van der Waals surface area contributed by atoms with Gasteiger partial charge in [-0.3, -0.25) is 19.2 Å². The van der Waals surface area contributed by atoms with Gasteiger partial charge in [0, 0.05) is 25.4 Å². The minimum Gasteiger partial charge on any atom is -0.341 e. The first-order chi connectivity index (χ1) is 30.9. The number of aromatic amines is 2. The van der Waals surface area contributed by atoms with Crippen molar-refractivity contribution in [1.29, 1.82) is 0 Å². The highest BCUT2D eigenvalue weighted by Gasteiger charge is 2.40. The molecule has 2 aromatic heterocycles. The lowest BCUT2D eigenvalue weighted by Crippen LogP contribution is -2.43. The molecule has 4 amide bonds. The van der Waals surface area contributed by atoms with Gasteiger partial charge in [0.05, 0.1) is 43.6 Å². The fourth-order valence-corrected chi connectivity index (χ4v) is 8.42. The van der Waals surface area contributed by atoms with Gasteiger partial charge in [-0.25, -0.2) is 9.97 Å². The molecular weight excluding hydrogens is 797 g/mol. The van der Waals surface area contributed by atoms with Crippen LogP contribution in [0.15, 0.2) is 73.1 Å². The van der Waals surface area contributed by atoms with Crippen LogP contribution in [0.5, 0.6) is 0 Å². The Balaban J connectivity index is 0.764. The number of nitrogens with zero attached hydrogens (tertiary/aromatic N) is 4. The predicted molar refractivity (Wildman–Crippen MR) is 230 cm³/mol. The molecule has 0 unspecified atom stereocenters. The molecule has 0 bridgehead atoms. The van der Waals surface area contributed by atoms with Crippen LogP contribution in [-0.2, 0) is 28.7 Å². The molecule has 4 aromatic rings. The van der Waals surface area contributed by atoms with Crippen molar-refractivity contribution in [2.45, 2.75) is 88.2 Å². The molecule has 14 heteroatoms. The van der Waals surface area contributed by atoms with Gasteiger partial charge in [-0.15, -0.1) is 0 Å². The number of benzene rings is 2. The first-order valence-electron chi connectivity index (χ1n) is 22.0. The first-order valence-corrected chi connectivity index (χ1v) is 22.0. The number of hydrogen-bond acceptors (Lipinski definition) is 8. The van der Waals surface area contributed by atoms with E-state index in [0.29, 0.717) is 61.7 Å². The third kappa shape index (κ3) is 10.3. The Morgan fingerprint density at radius 2 is 1.24 bits per heavy atom. The molecule has 2 aliphatic carbocycles. The fourth-order valence-electron chi connectivity index (χ4n) is 8.42. The van der Waals surface area contributed by atoms with E-state index in [0.717, 1.165) is 62.5 Å². The maximum absolute atomic E-state index is 14.0. The molecule has 5 aliphatic rings. The van der Waals surface area contributed by atoms with Crippen LogP contribution in [0, 0.1) is 53.3 Å². The molecule has 4 N–H and O–H groups in total. The van der Waals surface area contributed by atoms with Crippen molar-refractivity contribution in [2.24, 2.45) is 17.8 Å². The molecule has 4 atom stereocenters. The van der Waals surface area contributed by atoms with Crippen molar-refractivity contribution < 1.29 is 28.7 Å². The fraction of sp³-hybridized carbons (Fsp3) is 0.429. The number of amides is 4. The van der Waals surface area contributed by atoms with Crippen molar-refractivity contribution in [2.75, 3.05) is 26.3 Å². The number of rotatable bonds is 11. The zero-order chi connectivity index (χ0) is 43.1. The molecule has 3 saturated heterocycles. The summed E-state index contributed by atoms with van der Waals surface area (Å²) < 4.78 is 11.7. The maximum atomic E-state index is 14.0. The average Bonchev–Trinajstić information content (AvgIpc) is 4.03. The topological polar surface area (TPSA) is 175 Å². The summed E-state index contributed by atoms with van der Waals surface area (Å²) in [6.07, 6.45) is 9.99. The van der Waals surface area contributed by atoms with Gasteiger partial charge in [0.2, 0.25) is 29.9 Å². The predicted octanol–water partition coefficient (Wildman–Crippen LogP) is 4.78. The van der Waals surface area contributed by atoms with Crippen LogP contribution in [0.2, 0.25) is 0 Å². The van der Waals surface area contributed by atoms with E-state index in [2.05, 4.69) is 66.1 Å². The molecule has 14 nitrogen and oxygen atoms in total. The lowest BCUT2D eigenvalue weighted by atomic mass is 10.0. The number of aromatic nitrogens is 4. The molecule has 0 spiro atoms. The number of likely N-dealkylation sites (tertiary alicyclic amines) is 2. The van der Waals surface area contributed by atoms with Crippen LogP contribution in [0.4, 0.5) is 0 Å². The molecule has 63 heavy (non-hydrogen) atoms. The van der Waals surface area contributed by atoms with Gasteiger partial charge in [-0.05, 0) is 98.0 Å². The molecule has 0 radical (unpaired) electrons. The van der Waals surface area contributed by atoms with Crippen LogP contribution >= 0.6 is 0 Å². The van der Waals surface area contributed by atoms with E-state index in [1.807, 2.05) is 70.5 Å². The third-order valence-corrected chi connectivity index (χ3v) is 12.1. The molecule has 9 rings (SSSR count). The summed E-state index contributed by atoms with van der Waals surface area (Å²) in [7, 11) is 0. The van der Waals surface area contributed by atoms with E-state index < -0.39 is 18.4 Å². The summed E-state index contributed by atoms with van der Waals surface area (Å²) in [5.41, 5.74) is 2.68. The first kappa shape index (κ1) is 41.7. The van der Waals surface area contributed by atoms with Crippen molar-refractivity contribution in [1.82, 2.24) is 40.4 Å². The van der Waals surface area contributed by atoms with Gasteiger partial charge in [0.25, 0.3) is 0 Å². The van der Waals surface area contributed by atoms with E-state index in [1.54, 1.807) is 12.4 Å². The average molecular weight is 847 g/mol. The number of nitrogens with one attached hydrogen (secondary N) is 4. The van der Waals surface area contributed by atoms with E-state index >= 15 is 0 Å². The zero-order valence-electron chi connectivity index (χ0n) is 35.0. The molecule has 5 heterocycles. The van der Waals surface area contributed by atoms with E-state index in [-0.39, 0.29) is 47.5 Å². The van der Waals surface area contributed by atoms with Gasteiger partial charge < -0.3 is 39.9 Å². The highest BCUT2D eigenvalue weighted by atomic mass is 16.7. The normalized spacial score (nSPS) is 22.6. The number of carbonyl (C=O) groups excluding carboxylic acids is 4. The van der Waals surface area contributed by atoms with E-state index in [4.69, 9.17) is 9.47 Å². The molecule has 2 saturated carbocycles. The second-order valence-corrected chi connectivity index (χ2v) is 16.9. The lowest BCUT2D eigenvalue weighted by Gasteiger charge is -2.28. The van der Waals surface area contributed by atoms with Gasteiger partial charge in [-0.2, -0.15) is 0 Å². The molecule has 5 fully saturated rings. The Labute approximate surface area is 366 Å². The minimum atomic E-state index is -0.764. The lowest BCUT2D eigenvalue weighted by molar-refractivity contribution is -0.158. The third-order valence-electron chi connectivity index (χ3n) is 12.1. The number of hydrogen-bond donors (Lipinski definition) is 4. The molecular formula is C49H50N8O6. The van der Waals surface area contributed by atoms with Crippen LogP contribution < -0.4 is 10.6 Å². The van der Waals surface area contributed by atoms with Gasteiger partial charge >= 0.3 is 0 Å². The standard InChI is InChI=1S/C49H50N8O6/c58-41(27-32-19-20-32)54-43(34-12-3-1-4-13-34)48(60)56-25-9-18-40(56)46-51-29-38(53-46)23-24-42-62-30-33(31-63-42)11-7-8-16-37-28-50-45(52-37)39-17-10-26-57(39)49(61)44(35-14-5-2-6-15-35)55-47(59)36-21-22-36/h1-6,12-15,28-29,32-33,36,39-40,42-44H,9-10,17-22,25-27,30-31H2,(H,50,52)(H,51,53)(H,54,58)(H,55,59)/t33?,39-,40-,42?,43+,44+/m1/s1. The van der Waals surface area contributed by atoms with Crippen molar-refractivity contribution >= 4 is 23.6 Å². The molecule has 322 valence electrons. The van der Waals surface area contributed by atoms with E-state index in [9.17, 15) is 19.2 Å². The number of carbonyl (C=O) groups is 4. The summed E-state index contributed by atoms with van der Waals surface area (Å²) in [5.74, 6) is 19.0. The van der Waals surface area contributed by atoms with Crippen molar-refractivity contribution in [3.8, 4) is 35.5 Å². The van der Waals surface area contributed by atoms with Crippen molar-refractivity contribution in [3.63, 3.8) is 0 Å². The van der Waals surface area contributed by atoms with Gasteiger partial charge in [0.1, 0.15) is 35.1 Å². The summed E-state index contributed by atoms with van der Waals surface area (Å²) in [6.45, 7) is 1.79. The Kier molecular flexibility index (Phi) is 12.7. The number of imidazole rings is 2. The van der Waals surface area contributed by atoms with Gasteiger partial charge in [-0.1, -0.05) is 66.6 Å². The Morgan fingerprint density at radius 3 is 1.79 bits per heavy atom. The van der Waals surface area contributed by atoms with E-state index in [1.165, 1.54) is 0 Å². The zero-order valence-corrected chi connectivity index (χ0v) is 35.0. The summed E-state index contributed by atoms with van der Waals surface area (Å²) in [5, 5.41) is 6.03. The Morgan fingerprint density at radius 1 is 0.683 bits per heavy atom. The maximum Gasteiger partial charge on any atom is 0.250 e. The summed E-state index contributed by atoms with van der Waals surface area (Å²) in [4.78, 5) is 72.9. The number of ether oxygens (including phenoxy) is 2. The largest absolute Gasteiger partial charge is 0.341 e. The van der Waals surface area contributed by atoms with Crippen LogP contribution in [0.25, 0.3) is 0 Å². The van der Waals surface area contributed by atoms with Crippen LogP contribution in [0.3, 0.4) is 0 Å². The molecule has 2 aromatic carbocycles. The highest BCUT2D eigenvalue weighted by Crippen LogP contribution is 2.36. The number of H-pyrrole nitrogens is 2. The van der Waals surface area contributed by atoms with Crippen LogP contribution in [0.1, 0.15) is 116 Å². The van der Waals surface area contributed by atoms with Gasteiger partial charge in [0.15, 0.2) is 0 Å². The molecule has 3 aliphatic heterocycles. The quantitative estimate of drug-likeness (QED) is 0.156. The second-order valence-electron chi connectivity index (χ2n) is 16.9. The smallest absolute Gasteiger partial charge is 0.250 e. The van der Waals surface area contributed by atoms with Crippen LogP contribution in [-0.4, -0.2) is 86.0 Å². The summed E-state index contributed by atoms with van der Waals surface area (Å²) >= 11 is 0. The second kappa shape index (κ2) is 19.2. The highest BCUT2D eigenvalue weighted by molar-refractivity contribution is 5.91. The summed E-state index contributed by atoms with van der Waals surface area (Å²) in [6, 6.07) is 16.8. The Bertz CT molecular complexity index is 2490.